The SMILES string of the molecule is COc1cc(S(C)(=O)=O)ccc1NCC#Cc1cc2c(NC3CCN(C(=O)N(C)C)CC3)cccc2n1CC(F)(F)F. The predicted octanol–water partition coefficient (Wildman–Crippen LogP) is 4.64. The molecule has 0 radical (unpaired) electrons. The summed E-state index contributed by atoms with van der Waals surface area (Å²) in [5.41, 5.74) is 1.83. The van der Waals surface area contributed by atoms with Crippen molar-refractivity contribution < 1.29 is 31.1 Å². The number of aromatic nitrogens is 1. The highest BCUT2D eigenvalue weighted by Crippen LogP contribution is 2.32. The average molecular weight is 606 g/mol. The molecule has 1 aromatic heterocycles. The van der Waals surface area contributed by atoms with Gasteiger partial charge in [-0.2, -0.15) is 13.2 Å². The van der Waals surface area contributed by atoms with Gasteiger partial charge in [0.25, 0.3) is 0 Å². The highest BCUT2D eigenvalue weighted by molar-refractivity contribution is 7.90. The minimum Gasteiger partial charge on any atom is -0.495 e. The molecular weight excluding hydrogens is 571 g/mol. The van der Waals surface area contributed by atoms with Crippen LogP contribution < -0.4 is 15.4 Å². The molecule has 2 aromatic carbocycles. The van der Waals surface area contributed by atoms with Crippen LogP contribution in [0.5, 0.6) is 5.75 Å². The number of urea groups is 1. The lowest BCUT2D eigenvalue weighted by Crippen LogP contribution is -2.46. The number of hydrogen-bond acceptors (Lipinski definition) is 6. The molecule has 13 heteroatoms. The van der Waals surface area contributed by atoms with E-state index in [0.29, 0.717) is 54.0 Å². The van der Waals surface area contributed by atoms with Gasteiger partial charge in [-0.1, -0.05) is 12.0 Å². The molecule has 0 bridgehead atoms. The Bertz CT molecular complexity index is 1620. The Morgan fingerprint density at radius 1 is 1.12 bits per heavy atom. The zero-order valence-corrected chi connectivity index (χ0v) is 24.7. The van der Waals surface area contributed by atoms with Crippen molar-refractivity contribution in [3.63, 3.8) is 0 Å². The number of nitrogens with one attached hydrogen (secondary N) is 2. The Morgan fingerprint density at radius 3 is 2.45 bits per heavy atom. The summed E-state index contributed by atoms with van der Waals surface area (Å²) in [6.07, 6.45) is -1.93. The van der Waals surface area contributed by atoms with Gasteiger partial charge in [-0.3, -0.25) is 0 Å². The van der Waals surface area contributed by atoms with E-state index in [1.807, 2.05) is 6.07 Å². The second-order valence-corrected chi connectivity index (χ2v) is 12.4. The predicted molar refractivity (Wildman–Crippen MR) is 157 cm³/mol. The maximum atomic E-state index is 13.6. The molecule has 2 heterocycles. The van der Waals surface area contributed by atoms with Crippen molar-refractivity contribution in [3.05, 3.63) is 48.2 Å². The fourth-order valence-corrected chi connectivity index (χ4v) is 5.54. The molecule has 1 aliphatic rings. The summed E-state index contributed by atoms with van der Waals surface area (Å²) in [6.45, 7) is 0.0666. The quantitative estimate of drug-likeness (QED) is 0.381. The fourth-order valence-electron chi connectivity index (χ4n) is 4.90. The van der Waals surface area contributed by atoms with E-state index in [9.17, 15) is 26.4 Å². The van der Waals surface area contributed by atoms with Crippen LogP contribution in [0.25, 0.3) is 10.9 Å². The third kappa shape index (κ3) is 7.42. The Morgan fingerprint density at radius 2 is 1.83 bits per heavy atom. The maximum Gasteiger partial charge on any atom is 0.406 e. The molecule has 3 aromatic rings. The van der Waals surface area contributed by atoms with Crippen LogP contribution in [0.4, 0.5) is 29.3 Å². The first kappa shape index (κ1) is 30.9. The van der Waals surface area contributed by atoms with Crippen molar-refractivity contribution in [1.29, 1.82) is 0 Å². The number of anilines is 2. The first-order chi connectivity index (χ1) is 19.8. The zero-order chi connectivity index (χ0) is 30.7. The highest BCUT2D eigenvalue weighted by atomic mass is 32.2. The number of amides is 2. The van der Waals surface area contributed by atoms with Gasteiger partial charge in [0.1, 0.15) is 12.3 Å². The molecular formula is C29H34F3N5O4S. The molecule has 0 atom stereocenters. The number of methoxy groups -OCH3 is 1. The summed E-state index contributed by atoms with van der Waals surface area (Å²) in [6, 6.07) is 11.3. The van der Waals surface area contributed by atoms with Gasteiger partial charge in [-0.25, -0.2) is 13.2 Å². The van der Waals surface area contributed by atoms with Crippen LogP contribution in [0.1, 0.15) is 18.5 Å². The third-order valence-corrected chi connectivity index (χ3v) is 8.09. The lowest BCUT2D eigenvalue weighted by Gasteiger charge is -2.34. The molecule has 0 saturated carbocycles. The minimum atomic E-state index is -4.45. The molecule has 0 aliphatic carbocycles. The number of piperidine rings is 1. The molecule has 9 nitrogen and oxygen atoms in total. The number of rotatable bonds is 7. The van der Waals surface area contributed by atoms with E-state index < -0.39 is 22.6 Å². The number of alkyl halides is 3. The number of benzene rings is 2. The number of sulfone groups is 1. The van der Waals surface area contributed by atoms with Gasteiger partial charge in [-0.15, -0.1) is 0 Å². The van der Waals surface area contributed by atoms with E-state index in [-0.39, 0.29) is 29.2 Å². The number of ether oxygens (including phenoxy) is 1. The van der Waals surface area contributed by atoms with Gasteiger partial charge in [0.15, 0.2) is 9.84 Å². The Balaban J connectivity index is 1.55. The minimum absolute atomic E-state index is 0.0400. The fraction of sp³-hybridized carbons (Fsp3) is 0.414. The van der Waals surface area contributed by atoms with Crippen molar-refractivity contribution in [2.75, 3.05) is 57.7 Å². The largest absolute Gasteiger partial charge is 0.495 e. The zero-order valence-electron chi connectivity index (χ0n) is 23.9. The van der Waals surface area contributed by atoms with Crippen LogP contribution >= 0.6 is 0 Å². The lowest BCUT2D eigenvalue weighted by molar-refractivity contribution is -0.140. The number of fused-ring (bicyclic) bond motifs is 1. The van der Waals surface area contributed by atoms with E-state index in [4.69, 9.17) is 4.74 Å². The molecule has 1 fully saturated rings. The first-order valence-corrected chi connectivity index (χ1v) is 15.2. The average Bonchev–Trinajstić information content (AvgIpc) is 3.27. The molecule has 1 aliphatic heterocycles. The van der Waals surface area contributed by atoms with Gasteiger partial charge < -0.3 is 29.7 Å². The monoisotopic (exact) mass is 605 g/mol. The second-order valence-electron chi connectivity index (χ2n) is 10.3. The van der Waals surface area contributed by atoms with Crippen molar-refractivity contribution >= 4 is 38.1 Å². The highest BCUT2D eigenvalue weighted by Gasteiger charge is 2.30. The summed E-state index contributed by atoms with van der Waals surface area (Å²) in [5.74, 6) is 6.04. The van der Waals surface area contributed by atoms with Crippen LogP contribution in [-0.2, 0) is 16.4 Å². The molecule has 42 heavy (non-hydrogen) atoms. The maximum absolute atomic E-state index is 13.6. The van der Waals surface area contributed by atoms with Gasteiger partial charge in [0.2, 0.25) is 0 Å². The van der Waals surface area contributed by atoms with E-state index in [2.05, 4.69) is 22.5 Å². The molecule has 1 saturated heterocycles. The molecule has 226 valence electrons. The van der Waals surface area contributed by atoms with Crippen molar-refractivity contribution in [2.24, 2.45) is 0 Å². The number of carbonyl (C=O) groups excluding carboxylic acids is 1. The standard InChI is InChI=1S/C29H34F3N5O4S/c1-35(2)28(38)36-15-12-20(13-16-36)34-24-8-5-9-26-23(24)17-21(37(26)19-29(30,31)32)7-6-14-33-25-11-10-22(42(4,39)40)18-27(25)41-3/h5,8-11,17-18,20,33-34H,12-16,19H2,1-4H3. The number of likely N-dealkylation sites (tertiary alicyclic amines) is 1. The van der Waals surface area contributed by atoms with Crippen molar-refractivity contribution in [1.82, 2.24) is 14.4 Å². The Hall–Kier alpha value is -4.05. The number of halogens is 3. The lowest BCUT2D eigenvalue weighted by atomic mass is 10.0. The van der Waals surface area contributed by atoms with Crippen LogP contribution in [0, 0.1) is 11.8 Å². The summed E-state index contributed by atoms with van der Waals surface area (Å²) in [7, 11) is 1.41. The van der Waals surface area contributed by atoms with Crippen molar-refractivity contribution in [2.45, 2.75) is 36.5 Å². The number of carbonyl (C=O) groups is 1. The van der Waals surface area contributed by atoms with Crippen LogP contribution in [-0.4, -0.2) is 88.1 Å². The molecule has 0 spiro atoms. The Kier molecular flexibility index (Phi) is 9.15. The van der Waals surface area contributed by atoms with E-state index in [1.54, 1.807) is 48.2 Å². The van der Waals surface area contributed by atoms with Crippen molar-refractivity contribution in [3.8, 4) is 17.6 Å². The van der Waals surface area contributed by atoms with E-state index in [1.165, 1.54) is 19.2 Å². The van der Waals surface area contributed by atoms with Gasteiger partial charge in [-0.05, 0) is 49.1 Å². The van der Waals surface area contributed by atoms with Crippen LogP contribution in [0.15, 0.2) is 47.4 Å². The summed E-state index contributed by atoms with van der Waals surface area (Å²) in [5, 5.41) is 7.13. The molecule has 2 amide bonds. The van der Waals surface area contributed by atoms with Crippen LogP contribution in [0.2, 0.25) is 0 Å². The molecule has 0 unspecified atom stereocenters. The Labute approximate surface area is 243 Å². The van der Waals surface area contributed by atoms with E-state index >= 15 is 0 Å². The number of hydrogen-bond donors (Lipinski definition) is 2. The second kappa shape index (κ2) is 12.4. The van der Waals surface area contributed by atoms with Gasteiger partial charge in [0, 0.05) is 56.6 Å². The summed E-state index contributed by atoms with van der Waals surface area (Å²) >= 11 is 0. The van der Waals surface area contributed by atoms with E-state index in [0.717, 1.165) is 10.8 Å². The van der Waals surface area contributed by atoms with Crippen LogP contribution in [0.3, 0.4) is 0 Å². The first-order valence-electron chi connectivity index (χ1n) is 13.3. The topological polar surface area (TPSA) is 95.9 Å². The summed E-state index contributed by atoms with van der Waals surface area (Å²) in [4.78, 5) is 15.7. The summed E-state index contributed by atoms with van der Waals surface area (Å²) < 4.78 is 70.8. The smallest absolute Gasteiger partial charge is 0.406 e. The third-order valence-electron chi connectivity index (χ3n) is 6.98. The molecule has 2 N–H and O–H groups in total. The number of nitrogens with zero attached hydrogens (tertiary/aromatic N) is 3. The normalized spacial score (nSPS) is 14.3. The molecule has 4 rings (SSSR count). The van der Waals surface area contributed by atoms with Gasteiger partial charge >= 0.3 is 12.2 Å². The van der Waals surface area contributed by atoms with Gasteiger partial charge in [0.05, 0.1) is 35.4 Å².